The number of amides is 2. The zero-order chi connectivity index (χ0) is 17.7. The molecular formula is C19H13N5O2. The Labute approximate surface area is 147 Å². The van der Waals surface area contributed by atoms with Gasteiger partial charge in [-0.05, 0) is 24.3 Å². The summed E-state index contributed by atoms with van der Waals surface area (Å²) in [6.07, 6.45) is 2.01. The second-order valence-corrected chi connectivity index (χ2v) is 6.12. The van der Waals surface area contributed by atoms with Crippen molar-refractivity contribution in [2.45, 2.75) is 6.42 Å². The molecular weight excluding hydrogens is 330 g/mol. The Morgan fingerprint density at radius 1 is 0.885 bits per heavy atom. The lowest BCUT2D eigenvalue weighted by atomic mass is 10.1. The molecule has 0 fully saturated rings. The largest absolute Gasteiger partial charge is 0.274 e. The summed E-state index contributed by atoms with van der Waals surface area (Å²) in [5.41, 5.74) is 2.47. The molecule has 0 N–H and O–H groups in total. The molecule has 26 heavy (non-hydrogen) atoms. The van der Waals surface area contributed by atoms with E-state index in [2.05, 4.69) is 15.1 Å². The zero-order valence-electron chi connectivity index (χ0n) is 13.7. The van der Waals surface area contributed by atoms with Crippen LogP contribution in [0.2, 0.25) is 0 Å². The van der Waals surface area contributed by atoms with Crippen LogP contribution < -0.4 is 0 Å². The molecule has 0 saturated carbocycles. The number of fused-ring (bicyclic) bond motifs is 4. The average Bonchev–Trinajstić information content (AvgIpc) is 3.20. The number of hydrogen-bond acceptors (Lipinski definition) is 5. The molecule has 0 atom stereocenters. The summed E-state index contributed by atoms with van der Waals surface area (Å²) in [7, 11) is 0. The quantitative estimate of drug-likeness (QED) is 0.532. The summed E-state index contributed by atoms with van der Waals surface area (Å²) >= 11 is 0. The molecule has 2 amide bonds. The second-order valence-electron chi connectivity index (χ2n) is 6.12. The highest BCUT2D eigenvalue weighted by Crippen LogP contribution is 2.22. The van der Waals surface area contributed by atoms with Crippen molar-refractivity contribution in [1.82, 2.24) is 24.5 Å². The van der Waals surface area contributed by atoms with Gasteiger partial charge in [-0.1, -0.05) is 24.3 Å². The van der Waals surface area contributed by atoms with Crippen LogP contribution in [0.1, 0.15) is 26.5 Å². The fourth-order valence-electron chi connectivity index (χ4n) is 3.28. The first-order valence-electron chi connectivity index (χ1n) is 8.26. The molecule has 4 aromatic rings. The maximum absolute atomic E-state index is 12.4. The SMILES string of the molecule is O=C1c2ccccc2C(=O)N1CCc1nc2c3ccccc3ncn2n1. The first-order chi connectivity index (χ1) is 12.7. The van der Waals surface area contributed by atoms with Gasteiger partial charge in [0.1, 0.15) is 6.33 Å². The van der Waals surface area contributed by atoms with Crippen molar-refractivity contribution in [3.05, 3.63) is 71.8 Å². The number of aromatic nitrogens is 4. The van der Waals surface area contributed by atoms with Crippen LogP contribution in [0, 0.1) is 0 Å². The van der Waals surface area contributed by atoms with E-state index in [4.69, 9.17) is 0 Å². The molecule has 0 aliphatic carbocycles. The predicted molar refractivity (Wildman–Crippen MR) is 93.8 cm³/mol. The highest BCUT2D eigenvalue weighted by atomic mass is 16.2. The predicted octanol–water partition coefficient (Wildman–Crippen LogP) is 2.12. The summed E-state index contributed by atoms with van der Waals surface area (Å²) in [5.74, 6) is 0.0441. The van der Waals surface area contributed by atoms with Gasteiger partial charge in [-0.3, -0.25) is 14.5 Å². The molecule has 7 heteroatoms. The lowest BCUT2D eigenvalue weighted by molar-refractivity contribution is 0.0655. The summed E-state index contributed by atoms with van der Waals surface area (Å²) < 4.78 is 1.63. The number of carbonyl (C=O) groups is 2. The smallest absolute Gasteiger partial charge is 0.261 e. The number of benzene rings is 2. The minimum absolute atomic E-state index is 0.245. The van der Waals surface area contributed by atoms with Crippen molar-refractivity contribution < 1.29 is 9.59 Å². The summed E-state index contributed by atoms with van der Waals surface area (Å²) in [4.78, 5) is 35.0. The molecule has 0 saturated heterocycles. The fraction of sp³-hybridized carbons (Fsp3) is 0.105. The molecule has 5 rings (SSSR count). The van der Waals surface area contributed by atoms with E-state index >= 15 is 0 Å². The van der Waals surface area contributed by atoms with E-state index in [1.807, 2.05) is 24.3 Å². The van der Waals surface area contributed by atoms with Crippen molar-refractivity contribution in [2.75, 3.05) is 6.54 Å². The van der Waals surface area contributed by atoms with Crippen LogP contribution in [0.15, 0.2) is 54.9 Å². The van der Waals surface area contributed by atoms with Crippen LogP contribution in [0.25, 0.3) is 16.6 Å². The third-order valence-electron chi connectivity index (χ3n) is 4.56. The van der Waals surface area contributed by atoms with Crippen LogP contribution in [0.3, 0.4) is 0 Å². The van der Waals surface area contributed by atoms with Crippen molar-refractivity contribution in [1.29, 1.82) is 0 Å². The summed E-state index contributed by atoms with van der Waals surface area (Å²) in [6.45, 7) is 0.245. The minimum Gasteiger partial charge on any atom is -0.274 e. The monoisotopic (exact) mass is 343 g/mol. The Kier molecular flexibility index (Phi) is 3.08. The van der Waals surface area contributed by atoms with Gasteiger partial charge in [-0.2, -0.15) is 0 Å². The van der Waals surface area contributed by atoms with E-state index in [-0.39, 0.29) is 18.4 Å². The van der Waals surface area contributed by atoms with Gasteiger partial charge in [0.05, 0.1) is 16.6 Å². The van der Waals surface area contributed by atoms with Gasteiger partial charge in [0, 0.05) is 18.4 Å². The molecule has 1 aliphatic rings. The van der Waals surface area contributed by atoms with Crippen molar-refractivity contribution >= 4 is 28.4 Å². The Bertz CT molecular complexity index is 1160. The van der Waals surface area contributed by atoms with Gasteiger partial charge in [0.15, 0.2) is 11.5 Å². The molecule has 2 aromatic carbocycles. The third-order valence-corrected chi connectivity index (χ3v) is 4.56. The van der Waals surface area contributed by atoms with Gasteiger partial charge in [0.2, 0.25) is 0 Å². The number of imide groups is 1. The van der Waals surface area contributed by atoms with Crippen LogP contribution in [-0.2, 0) is 6.42 Å². The first kappa shape index (κ1) is 14.7. The molecule has 0 bridgehead atoms. The van der Waals surface area contributed by atoms with Crippen LogP contribution in [0.5, 0.6) is 0 Å². The fourth-order valence-corrected chi connectivity index (χ4v) is 3.28. The van der Waals surface area contributed by atoms with E-state index < -0.39 is 0 Å². The molecule has 7 nitrogen and oxygen atoms in total. The minimum atomic E-state index is -0.263. The molecule has 1 aliphatic heterocycles. The Morgan fingerprint density at radius 3 is 2.35 bits per heavy atom. The number of nitrogens with zero attached hydrogens (tertiary/aromatic N) is 5. The lowest BCUT2D eigenvalue weighted by Gasteiger charge is -2.11. The van der Waals surface area contributed by atoms with Crippen LogP contribution >= 0.6 is 0 Å². The van der Waals surface area contributed by atoms with E-state index in [0.717, 1.165) is 10.9 Å². The zero-order valence-corrected chi connectivity index (χ0v) is 13.7. The molecule has 0 unspecified atom stereocenters. The molecule has 2 aromatic heterocycles. The third kappa shape index (κ3) is 2.10. The number of hydrogen-bond donors (Lipinski definition) is 0. The maximum atomic E-state index is 12.4. The second kappa shape index (κ2) is 5.45. The summed E-state index contributed by atoms with van der Waals surface area (Å²) in [6, 6.07) is 14.6. The molecule has 3 heterocycles. The maximum Gasteiger partial charge on any atom is 0.261 e. The average molecular weight is 343 g/mol. The summed E-state index contributed by atoms with van der Waals surface area (Å²) in [5, 5.41) is 5.33. The van der Waals surface area contributed by atoms with Gasteiger partial charge >= 0.3 is 0 Å². The highest BCUT2D eigenvalue weighted by molar-refractivity contribution is 6.21. The normalized spacial score (nSPS) is 13.8. The number of para-hydroxylation sites is 1. The van der Waals surface area contributed by atoms with E-state index in [9.17, 15) is 9.59 Å². The van der Waals surface area contributed by atoms with E-state index in [1.165, 1.54) is 4.90 Å². The number of rotatable bonds is 3. The molecule has 0 spiro atoms. The van der Waals surface area contributed by atoms with Gasteiger partial charge < -0.3 is 0 Å². The van der Waals surface area contributed by atoms with Crippen molar-refractivity contribution in [3.8, 4) is 0 Å². The van der Waals surface area contributed by atoms with E-state index in [0.29, 0.717) is 29.0 Å². The van der Waals surface area contributed by atoms with Crippen molar-refractivity contribution in [3.63, 3.8) is 0 Å². The molecule has 126 valence electrons. The van der Waals surface area contributed by atoms with Gasteiger partial charge in [-0.15, -0.1) is 5.10 Å². The topological polar surface area (TPSA) is 80.5 Å². The lowest BCUT2D eigenvalue weighted by Crippen LogP contribution is -2.31. The van der Waals surface area contributed by atoms with Crippen LogP contribution in [-0.4, -0.2) is 42.8 Å². The standard InChI is InChI=1S/C19H13N5O2/c25-18-12-5-1-2-6-13(12)19(26)23(18)10-9-16-21-17-14-7-3-4-8-15(14)20-11-24(17)22-16/h1-8,11H,9-10H2. The van der Waals surface area contributed by atoms with Crippen LogP contribution in [0.4, 0.5) is 0 Å². The van der Waals surface area contributed by atoms with Crippen molar-refractivity contribution in [2.24, 2.45) is 0 Å². The number of carbonyl (C=O) groups excluding carboxylic acids is 2. The Balaban J connectivity index is 1.43. The highest BCUT2D eigenvalue weighted by Gasteiger charge is 2.34. The Morgan fingerprint density at radius 2 is 1.58 bits per heavy atom. The van der Waals surface area contributed by atoms with Gasteiger partial charge in [0.25, 0.3) is 11.8 Å². The Hall–Kier alpha value is -3.61. The van der Waals surface area contributed by atoms with Gasteiger partial charge in [-0.25, -0.2) is 14.5 Å². The first-order valence-corrected chi connectivity index (χ1v) is 8.26. The molecule has 0 radical (unpaired) electrons. The van der Waals surface area contributed by atoms with E-state index in [1.54, 1.807) is 35.1 Å².